The van der Waals surface area contributed by atoms with Crippen LogP contribution in [0.1, 0.15) is 18.7 Å². The summed E-state index contributed by atoms with van der Waals surface area (Å²) in [6.07, 6.45) is 2.03. The van der Waals surface area contributed by atoms with Crippen LogP contribution in [0.15, 0.2) is 18.2 Å². The summed E-state index contributed by atoms with van der Waals surface area (Å²) in [6, 6.07) is 3.63. The Bertz CT molecular complexity index is 752. The highest BCUT2D eigenvalue weighted by Crippen LogP contribution is 2.33. The van der Waals surface area contributed by atoms with E-state index in [1.54, 1.807) is 6.92 Å². The van der Waals surface area contributed by atoms with Gasteiger partial charge in [0.2, 0.25) is 0 Å². The van der Waals surface area contributed by atoms with Crippen LogP contribution in [0.25, 0.3) is 11.3 Å². The number of halogens is 2. The van der Waals surface area contributed by atoms with Gasteiger partial charge in [0.25, 0.3) is 0 Å². The molecule has 0 spiro atoms. The average molecular weight is 347 g/mol. The van der Waals surface area contributed by atoms with Crippen molar-refractivity contribution in [3.05, 3.63) is 35.7 Å². The van der Waals surface area contributed by atoms with Gasteiger partial charge >= 0.3 is 0 Å². The molecule has 0 bridgehead atoms. The van der Waals surface area contributed by atoms with Crippen molar-refractivity contribution >= 4 is 11.5 Å². The maximum Gasteiger partial charge on any atom is 0.156 e. The molecule has 1 aliphatic rings. The molecule has 0 unspecified atom stereocenters. The van der Waals surface area contributed by atoms with Gasteiger partial charge in [0.1, 0.15) is 23.1 Å². The third-order valence-electron chi connectivity index (χ3n) is 4.74. The molecule has 0 amide bonds. The largest absolute Gasteiger partial charge is 0.394 e. The van der Waals surface area contributed by atoms with Gasteiger partial charge in [-0.15, -0.1) is 0 Å². The lowest BCUT2D eigenvalue weighted by Gasteiger charge is -2.36. The lowest BCUT2D eigenvalue weighted by molar-refractivity contribution is 0.252. The van der Waals surface area contributed by atoms with Gasteiger partial charge in [-0.1, -0.05) is 0 Å². The first kappa shape index (κ1) is 17.5. The number of piperidine rings is 1. The van der Waals surface area contributed by atoms with Crippen molar-refractivity contribution in [2.24, 2.45) is 0 Å². The van der Waals surface area contributed by atoms with Gasteiger partial charge in [-0.25, -0.2) is 18.7 Å². The molecule has 3 rings (SSSR count). The molecule has 2 aromatic rings. The summed E-state index contributed by atoms with van der Waals surface area (Å²) in [4.78, 5) is 13.2. The summed E-state index contributed by atoms with van der Waals surface area (Å²) < 4.78 is 27.2. The molecular formula is C18H23F2N5. The zero-order valence-electron chi connectivity index (χ0n) is 14.8. The Morgan fingerprint density at radius 1 is 1.12 bits per heavy atom. The number of likely N-dealkylation sites (tertiary alicyclic amines) is 1. The van der Waals surface area contributed by atoms with Crippen molar-refractivity contribution in [3.8, 4) is 11.3 Å². The fourth-order valence-electron chi connectivity index (χ4n) is 3.30. The van der Waals surface area contributed by atoms with Crippen LogP contribution in [0, 0.1) is 18.6 Å². The van der Waals surface area contributed by atoms with Crippen LogP contribution in [0.4, 0.5) is 20.3 Å². The Balaban J connectivity index is 2.00. The van der Waals surface area contributed by atoms with Crippen LogP contribution < -0.4 is 10.6 Å². The van der Waals surface area contributed by atoms with Crippen molar-refractivity contribution in [3.63, 3.8) is 0 Å². The number of nitrogens with two attached hydrogens (primary N) is 1. The van der Waals surface area contributed by atoms with Crippen LogP contribution in [0.5, 0.6) is 0 Å². The summed E-state index contributed by atoms with van der Waals surface area (Å²) in [7, 11) is 4.07. The monoisotopic (exact) mass is 347 g/mol. The van der Waals surface area contributed by atoms with E-state index in [2.05, 4.69) is 26.8 Å². The predicted molar refractivity (Wildman–Crippen MR) is 95.5 cm³/mol. The Morgan fingerprint density at radius 3 is 2.32 bits per heavy atom. The third-order valence-corrected chi connectivity index (χ3v) is 4.74. The standard InChI is InChI=1S/C18H23F2N5/c1-11-22-17(12-8-13(19)10-14(20)9-12)16(21)18(23-11)25(3)15-4-6-24(2)7-5-15/h8-10,15H,4-7,21H2,1-3H3. The number of hydrogen-bond donors (Lipinski definition) is 1. The van der Waals surface area contributed by atoms with Gasteiger partial charge in [0.15, 0.2) is 5.82 Å². The molecule has 7 heteroatoms. The minimum atomic E-state index is -0.657. The smallest absolute Gasteiger partial charge is 0.156 e. The first-order valence-electron chi connectivity index (χ1n) is 8.37. The first-order valence-corrected chi connectivity index (χ1v) is 8.37. The molecular weight excluding hydrogens is 324 g/mol. The molecule has 0 saturated carbocycles. The molecule has 1 aromatic carbocycles. The Morgan fingerprint density at radius 2 is 1.72 bits per heavy atom. The summed E-state index contributed by atoms with van der Waals surface area (Å²) in [6.45, 7) is 3.78. The summed E-state index contributed by atoms with van der Waals surface area (Å²) in [5, 5.41) is 0. The first-order chi connectivity index (χ1) is 11.8. The van der Waals surface area contributed by atoms with E-state index in [1.165, 1.54) is 12.1 Å². The van der Waals surface area contributed by atoms with Gasteiger partial charge in [-0.2, -0.15) is 0 Å². The van der Waals surface area contributed by atoms with Crippen LogP contribution in [0.3, 0.4) is 0 Å². The topological polar surface area (TPSA) is 58.3 Å². The second kappa shape index (κ2) is 6.92. The van der Waals surface area contributed by atoms with E-state index in [-0.39, 0.29) is 0 Å². The fraction of sp³-hybridized carbons (Fsp3) is 0.444. The molecule has 1 saturated heterocycles. The van der Waals surface area contributed by atoms with Crippen LogP contribution in [-0.4, -0.2) is 48.1 Å². The molecule has 2 N–H and O–H groups in total. The number of hydrogen-bond acceptors (Lipinski definition) is 5. The minimum Gasteiger partial charge on any atom is -0.394 e. The zero-order valence-corrected chi connectivity index (χ0v) is 14.8. The fourth-order valence-corrected chi connectivity index (χ4v) is 3.30. The molecule has 0 atom stereocenters. The molecule has 1 aromatic heterocycles. The second-order valence-electron chi connectivity index (χ2n) is 6.66. The zero-order chi connectivity index (χ0) is 18.1. The molecule has 1 fully saturated rings. The van der Waals surface area contributed by atoms with E-state index >= 15 is 0 Å². The number of nitrogens with zero attached hydrogens (tertiary/aromatic N) is 4. The average Bonchev–Trinajstić information content (AvgIpc) is 2.56. The van der Waals surface area contributed by atoms with E-state index in [4.69, 9.17) is 5.73 Å². The van der Waals surface area contributed by atoms with Crippen LogP contribution in [0.2, 0.25) is 0 Å². The lowest BCUT2D eigenvalue weighted by atomic mass is 10.0. The molecule has 0 radical (unpaired) electrons. The molecule has 134 valence electrons. The maximum absolute atomic E-state index is 13.6. The second-order valence-corrected chi connectivity index (χ2v) is 6.66. The van der Waals surface area contributed by atoms with E-state index < -0.39 is 11.6 Å². The number of rotatable bonds is 3. The van der Waals surface area contributed by atoms with E-state index in [1.807, 2.05) is 7.05 Å². The normalized spacial score (nSPS) is 16.2. The van der Waals surface area contributed by atoms with Gasteiger partial charge in [0.05, 0.1) is 5.69 Å². The van der Waals surface area contributed by atoms with Crippen LogP contribution >= 0.6 is 0 Å². The number of aromatic nitrogens is 2. The predicted octanol–water partition coefficient (Wildman–Crippen LogP) is 2.84. The van der Waals surface area contributed by atoms with Gasteiger partial charge in [0, 0.05) is 24.7 Å². The number of benzene rings is 1. The highest BCUT2D eigenvalue weighted by molar-refractivity contribution is 5.81. The third kappa shape index (κ3) is 3.71. The van der Waals surface area contributed by atoms with Gasteiger partial charge in [-0.3, -0.25) is 0 Å². The minimum absolute atomic E-state index is 0.318. The van der Waals surface area contributed by atoms with Crippen molar-refractivity contribution in [2.45, 2.75) is 25.8 Å². The summed E-state index contributed by atoms with van der Waals surface area (Å²) >= 11 is 0. The summed E-state index contributed by atoms with van der Waals surface area (Å²) in [5.41, 5.74) is 7.32. The molecule has 5 nitrogen and oxygen atoms in total. The SMILES string of the molecule is Cc1nc(-c2cc(F)cc(F)c2)c(N)c(N(C)C2CCN(C)CC2)n1. The van der Waals surface area contributed by atoms with Crippen molar-refractivity contribution in [1.29, 1.82) is 0 Å². The number of nitrogen functional groups attached to an aromatic ring is 1. The highest BCUT2D eigenvalue weighted by atomic mass is 19.1. The highest BCUT2D eigenvalue weighted by Gasteiger charge is 2.24. The Kier molecular flexibility index (Phi) is 4.85. The van der Waals surface area contributed by atoms with Crippen molar-refractivity contribution in [1.82, 2.24) is 14.9 Å². The number of aryl methyl sites for hydroxylation is 1. The van der Waals surface area contributed by atoms with Crippen molar-refractivity contribution < 1.29 is 8.78 Å². The van der Waals surface area contributed by atoms with Gasteiger partial charge < -0.3 is 15.5 Å². The van der Waals surface area contributed by atoms with Crippen LogP contribution in [-0.2, 0) is 0 Å². The molecule has 25 heavy (non-hydrogen) atoms. The Labute approximate surface area is 146 Å². The van der Waals surface area contributed by atoms with E-state index in [0.717, 1.165) is 32.0 Å². The molecule has 1 aliphatic heterocycles. The van der Waals surface area contributed by atoms with E-state index in [0.29, 0.717) is 34.6 Å². The quantitative estimate of drug-likeness (QED) is 0.925. The molecule has 2 heterocycles. The summed E-state index contributed by atoms with van der Waals surface area (Å²) in [5.74, 6) is -0.183. The lowest BCUT2D eigenvalue weighted by Crippen LogP contribution is -2.42. The number of anilines is 2. The van der Waals surface area contributed by atoms with E-state index in [9.17, 15) is 8.78 Å². The molecule has 0 aliphatic carbocycles. The maximum atomic E-state index is 13.6. The Hall–Kier alpha value is -2.28. The van der Waals surface area contributed by atoms with Gasteiger partial charge in [-0.05, 0) is 52.0 Å². The van der Waals surface area contributed by atoms with Crippen molar-refractivity contribution in [2.75, 3.05) is 37.8 Å².